The van der Waals surface area contributed by atoms with Crippen LogP contribution in [-0.4, -0.2) is 9.38 Å². The minimum Gasteiger partial charge on any atom is -0.306 e. The fourth-order valence-corrected chi connectivity index (χ4v) is 1.11. The van der Waals surface area contributed by atoms with E-state index in [0.29, 0.717) is 0 Å². The summed E-state index contributed by atoms with van der Waals surface area (Å²) in [5.74, 6) is 0. The Balaban J connectivity index is 2.86. The molecule has 2 heterocycles. The predicted molar refractivity (Wildman–Crippen MR) is 42.4 cm³/mol. The first kappa shape index (κ1) is 5.80. The van der Waals surface area contributed by atoms with Gasteiger partial charge in [0.2, 0.25) is 0 Å². The number of rotatable bonds is 0. The number of hydrogen-bond donors (Lipinski definition) is 1. The molecule has 0 fully saturated rings. The first-order chi connectivity index (χ1) is 4.86. The molecule has 0 bridgehead atoms. The molecule has 0 unspecified atom stereocenters. The van der Waals surface area contributed by atoms with Gasteiger partial charge < -0.3 is 4.40 Å². The van der Waals surface area contributed by atoms with Crippen molar-refractivity contribution in [3.8, 4) is 0 Å². The standard InChI is InChI=1S/C7H6N2S/c10-6-1-2-7-8-3-4-9(7)5-6/h1-5,10H. The summed E-state index contributed by atoms with van der Waals surface area (Å²) in [5.41, 5.74) is 0.956. The van der Waals surface area contributed by atoms with Gasteiger partial charge in [0, 0.05) is 23.5 Å². The van der Waals surface area contributed by atoms with Crippen LogP contribution in [0.25, 0.3) is 5.65 Å². The van der Waals surface area contributed by atoms with Gasteiger partial charge >= 0.3 is 0 Å². The van der Waals surface area contributed by atoms with Gasteiger partial charge in [-0.3, -0.25) is 0 Å². The molecule has 0 aliphatic rings. The third kappa shape index (κ3) is 0.789. The van der Waals surface area contributed by atoms with Gasteiger partial charge in [-0.1, -0.05) is 0 Å². The highest BCUT2D eigenvalue weighted by molar-refractivity contribution is 7.80. The molecule has 0 radical (unpaired) electrons. The average molecular weight is 150 g/mol. The van der Waals surface area contributed by atoms with Crippen LogP contribution < -0.4 is 0 Å². The van der Waals surface area contributed by atoms with Crippen molar-refractivity contribution in [2.45, 2.75) is 4.90 Å². The van der Waals surface area contributed by atoms with Crippen LogP contribution in [0.4, 0.5) is 0 Å². The predicted octanol–water partition coefficient (Wildman–Crippen LogP) is 1.62. The number of thiol groups is 1. The Bertz CT molecular complexity index is 353. The lowest BCUT2D eigenvalue weighted by Crippen LogP contribution is -1.80. The Morgan fingerprint density at radius 1 is 1.40 bits per heavy atom. The normalized spacial score (nSPS) is 10.5. The highest BCUT2D eigenvalue weighted by Crippen LogP contribution is 2.06. The molecule has 0 aliphatic heterocycles. The molecular weight excluding hydrogens is 144 g/mol. The highest BCUT2D eigenvalue weighted by Gasteiger charge is 1.90. The van der Waals surface area contributed by atoms with Crippen LogP contribution in [-0.2, 0) is 0 Å². The zero-order valence-electron chi connectivity index (χ0n) is 5.23. The van der Waals surface area contributed by atoms with Crippen LogP contribution in [0.2, 0.25) is 0 Å². The zero-order valence-corrected chi connectivity index (χ0v) is 6.12. The number of pyridine rings is 1. The molecule has 2 aromatic heterocycles. The highest BCUT2D eigenvalue weighted by atomic mass is 32.1. The van der Waals surface area contributed by atoms with Gasteiger partial charge in [0.1, 0.15) is 5.65 Å². The number of fused-ring (bicyclic) bond motifs is 1. The van der Waals surface area contributed by atoms with Crippen molar-refractivity contribution in [3.05, 3.63) is 30.7 Å². The van der Waals surface area contributed by atoms with Crippen molar-refractivity contribution in [1.82, 2.24) is 9.38 Å². The van der Waals surface area contributed by atoms with E-state index in [-0.39, 0.29) is 0 Å². The van der Waals surface area contributed by atoms with E-state index in [2.05, 4.69) is 17.6 Å². The molecule has 0 spiro atoms. The van der Waals surface area contributed by atoms with Crippen molar-refractivity contribution in [1.29, 1.82) is 0 Å². The van der Waals surface area contributed by atoms with Crippen molar-refractivity contribution in [2.24, 2.45) is 0 Å². The summed E-state index contributed by atoms with van der Waals surface area (Å²) in [6, 6.07) is 3.85. The number of hydrogen-bond acceptors (Lipinski definition) is 2. The van der Waals surface area contributed by atoms with E-state index in [1.54, 1.807) is 6.20 Å². The Kier molecular flexibility index (Phi) is 1.17. The second-order valence-electron chi connectivity index (χ2n) is 2.08. The number of nitrogens with zero attached hydrogens (tertiary/aromatic N) is 2. The molecule has 0 atom stereocenters. The second kappa shape index (κ2) is 2.02. The first-order valence-corrected chi connectivity index (χ1v) is 3.43. The third-order valence-electron chi connectivity index (χ3n) is 1.37. The maximum absolute atomic E-state index is 4.19. The number of imidazole rings is 1. The van der Waals surface area contributed by atoms with Gasteiger partial charge in [-0.2, -0.15) is 0 Å². The molecule has 0 saturated heterocycles. The van der Waals surface area contributed by atoms with Crippen LogP contribution in [0, 0.1) is 0 Å². The van der Waals surface area contributed by atoms with Crippen molar-refractivity contribution >= 4 is 18.3 Å². The van der Waals surface area contributed by atoms with Crippen molar-refractivity contribution in [2.75, 3.05) is 0 Å². The van der Waals surface area contributed by atoms with E-state index in [9.17, 15) is 0 Å². The molecule has 10 heavy (non-hydrogen) atoms. The van der Waals surface area contributed by atoms with Crippen LogP contribution in [0.5, 0.6) is 0 Å². The van der Waals surface area contributed by atoms with E-state index in [1.165, 1.54) is 0 Å². The van der Waals surface area contributed by atoms with Gasteiger partial charge in [0.05, 0.1) is 0 Å². The molecule has 0 aliphatic carbocycles. The van der Waals surface area contributed by atoms with Crippen LogP contribution in [0.3, 0.4) is 0 Å². The van der Waals surface area contributed by atoms with Crippen molar-refractivity contribution < 1.29 is 0 Å². The largest absolute Gasteiger partial charge is 0.306 e. The molecule has 0 amide bonds. The van der Waals surface area contributed by atoms with Gasteiger partial charge in [-0.15, -0.1) is 12.6 Å². The lowest BCUT2D eigenvalue weighted by Gasteiger charge is -1.92. The molecule has 3 heteroatoms. The molecule has 0 N–H and O–H groups in total. The summed E-state index contributed by atoms with van der Waals surface area (Å²) in [7, 11) is 0. The quantitative estimate of drug-likeness (QED) is 0.565. The Morgan fingerprint density at radius 2 is 2.30 bits per heavy atom. The van der Waals surface area contributed by atoms with E-state index in [0.717, 1.165) is 10.5 Å². The van der Waals surface area contributed by atoms with E-state index in [1.807, 2.05) is 28.9 Å². The Labute approximate surface area is 63.9 Å². The zero-order chi connectivity index (χ0) is 6.97. The lowest BCUT2D eigenvalue weighted by molar-refractivity contribution is 1.13. The van der Waals surface area contributed by atoms with Crippen LogP contribution >= 0.6 is 12.6 Å². The topological polar surface area (TPSA) is 17.3 Å². The first-order valence-electron chi connectivity index (χ1n) is 2.98. The Hall–Kier alpha value is -0.960. The third-order valence-corrected chi connectivity index (χ3v) is 1.64. The second-order valence-corrected chi connectivity index (χ2v) is 2.60. The lowest BCUT2D eigenvalue weighted by atomic mass is 10.5. The molecule has 0 aromatic carbocycles. The average Bonchev–Trinajstić information content (AvgIpc) is 2.33. The summed E-state index contributed by atoms with van der Waals surface area (Å²) in [6.45, 7) is 0. The molecular formula is C7H6N2S. The van der Waals surface area contributed by atoms with Crippen molar-refractivity contribution in [3.63, 3.8) is 0 Å². The van der Waals surface area contributed by atoms with Crippen LogP contribution in [0.15, 0.2) is 35.6 Å². The van der Waals surface area contributed by atoms with Crippen LogP contribution in [0.1, 0.15) is 0 Å². The van der Waals surface area contributed by atoms with Gasteiger partial charge in [-0.05, 0) is 12.1 Å². The fourth-order valence-electron chi connectivity index (χ4n) is 0.908. The SMILES string of the molecule is Sc1ccc2nccn2c1. The van der Waals surface area contributed by atoms with Gasteiger partial charge in [0.25, 0.3) is 0 Å². The molecule has 2 nitrogen and oxygen atoms in total. The van der Waals surface area contributed by atoms with Gasteiger partial charge in [-0.25, -0.2) is 4.98 Å². The number of aromatic nitrogens is 2. The van der Waals surface area contributed by atoms with E-state index >= 15 is 0 Å². The molecule has 2 aromatic rings. The minimum atomic E-state index is 0.950. The Morgan fingerprint density at radius 3 is 3.20 bits per heavy atom. The maximum atomic E-state index is 4.19. The summed E-state index contributed by atoms with van der Waals surface area (Å²) >= 11 is 4.19. The minimum absolute atomic E-state index is 0.950. The molecule has 50 valence electrons. The summed E-state index contributed by atoms with van der Waals surface area (Å²) in [6.07, 6.45) is 5.59. The maximum Gasteiger partial charge on any atom is 0.136 e. The van der Waals surface area contributed by atoms with E-state index < -0.39 is 0 Å². The summed E-state index contributed by atoms with van der Waals surface area (Å²) < 4.78 is 1.93. The molecule has 2 rings (SSSR count). The summed E-state index contributed by atoms with van der Waals surface area (Å²) in [5, 5.41) is 0. The fraction of sp³-hybridized carbons (Fsp3) is 0. The smallest absolute Gasteiger partial charge is 0.136 e. The van der Waals surface area contributed by atoms with Gasteiger partial charge in [0.15, 0.2) is 0 Å². The van der Waals surface area contributed by atoms with E-state index in [4.69, 9.17) is 0 Å². The molecule has 0 saturated carbocycles. The monoisotopic (exact) mass is 150 g/mol. The summed E-state index contributed by atoms with van der Waals surface area (Å²) in [4.78, 5) is 5.04.